The van der Waals surface area contributed by atoms with Crippen LogP contribution in [0.3, 0.4) is 0 Å². The van der Waals surface area contributed by atoms with Crippen molar-refractivity contribution in [1.82, 2.24) is 0 Å². The number of nitro benzene ring substituents is 2. The monoisotopic (exact) mass is 486 g/mol. The average Bonchev–Trinajstić information content (AvgIpc) is 2.57. The second-order valence-corrected chi connectivity index (χ2v) is 6.59. The second kappa shape index (κ2) is 8.72. The highest BCUT2D eigenvalue weighted by Gasteiger charge is 2.19. The molecule has 0 heterocycles. The minimum atomic E-state index is -0.716. The van der Waals surface area contributed by atoms with Gasteiger partial charge in [-0.05, 0) is 41.1 Å². The average molecular weight is 488 g/mol. The lowest BCUT2D eigenvalue weighted by Crippen LogP contribution is -2.00. The van der Waals surface area contributed by atoms with Gasteiger partial charge in [0.25, 0.3) is 5.69 Å². The maximum atomic E-state index is 11.1. The number of anilines is 1. The predicted octanol–water partition coefficient (Wildman–Crippen LogP) is 4.87. The molecule has 0 amide bonds. The van der Waals surface area contributed by atoms with E-state index in [9.17, 15) is 20.2 Å². The van der Waals surface area contributed by atoms with E-state index in [1.807, 2.05) is 13.0 Å². The van der Waals surface area contributed by atoms with E-state index in [0.29, 0.717) is 17.9 Å². The summed E-state index contributed by atoms with van der Waals surface area (Å²) >= 11 is 6.76. The van der Waals surface area contributed by atoms with E-state index < -0.39 is 15.5 Å². The first kappa shape index (κ1) is 19.8. The third kappa shape index (κ3) is 4.76. The predicted molar refractivity (Wildman–Crippen MR) is 104 cm³/mol. The van der Waals surface area contributed by atoms with Crippen LogP contribution in [0.2, 0.25) is 0 Å². The topological polar surface area (TPSA) is 120 Å². The molecule has 0 aliphatic rings. The van der Waals surface area contributed by atoms with Crippen molar-refractivity contribution in [3.05, 3.63) is 65.1 Å². The molecule has 0 atom stereocenters. The van der Waals surface area contributed by atoms with Gasteiger partial charge in [-0.1, -0.05) is 15.9 Å². The number of nitrogens with zero attached hydrogens (tertiary/aromatic N) is 3. The smallest absolute Gasteiger partial charge is 0.301 e. The van der Waals surface area contributed by atoms with Crippen LogP contribution in [0.4, 0.5) is 17.1 Å². The minimum absolute atomic E-state index is 0.0314. The number of hydrogen-bond donors (Lipinski definition) is 1. The number of ether oxygens (including phenoxy) is 1. The summed E-state index contributed by atoms with van der Waals surface area (Å²) in [6.07, 6.45) is 1.44. The van der Waals surface area contributed by atoms with Crippen LogP contribution in [0.25, 0.3) is 0 Å². The van der Waals surface area contributed by atoms with Gasteiger partial charge in [0.05, 0.1) is 33.2 Å². The lowest BCUT2D eigenvalue weighted by Gasteiger charge is -2.10. The van der Waals surface area contributed by atoms with E-state index in [1.54, 1.807) is 6.07 Å². The second-order valence-electron chi connectivity index (χ2n) is 4.82. The third-order valence-electron chi connectivity index (χ3n) is 3.10. The largest absolute Gasteiger partial charge is 0.492 e. The number of halogens is 2. The molecule has 136 valence electrons. The fourth-order valence-corrected chi connectivity index (χ4v) is 3.40. The summed E-state index contributed by atoms with van der Waals surface area (Å²) in [5.74, 6) is 0.569. The first-order chi connectivity index (χ1) is 12.3. The Morgan fingerprint density at radius 1 is 1.19 bits per heavy atom. The van der Waals surface area contributed by atoms with Gasteiger partial charge in [0.15, 0.2) is 0 Å². The van der Waals surface area contributed by atoms with Gasteiger partial charge in [0.1, 0.15) is 11.4 Å². The van der Waals surface area contributed by atoms with Crippen molar-refractivity contribution < 1.29 is 14.6 Å². The summed E-state index contributed by atoms with van der Waals surface area (Å²) in [4.78, 5) is 20.5. The molecule has 0 unspecified atom stereocenters. The molecule has 0 spiro atoms. The van der Waals surface area contributed by atoms with E-state index >= 15 is 0 Å². The van der Waals surface area contributed by atoms with Gasteiger partial charge in [0, 0.05) is 16.1 Å². The maximum absolute atomic E-state index is 11.1. The molecule has 0 aliphatic carbocycles. The van der Waals surface area contributed by atoms with E-state index in [0.717, 1.165) is 21.1 Å². The van der Waals surface area contributed by atoms with Gasteiger partial charge >= 0.3 is 5.69 Å². The van der Waals surface area contributed by atoms with Gasteiger partial charge in [0.2, 0.25) is 0 Å². The summed E-state index contributed by atoms with van der Waals surface area (Å²) in [6, 6.07) is 6.85. The molecule has 0 aromatic heterocycles. The lowest BCUT2D eigenvalue weighted by atomic mass is 10.2. The Kier molecular flexibility index (Phi) is 6.64. The van der Waals surface area contributed by atoms with Crippen LogP contribution < -0.4 is 10.2 Å². The molecule has 0 fully saturated rings. The SMILES string of the molecule is CCOc1c(Br)cc(Br)cc1/C=N\Nc1ccc([N+](=O)[O-])cc1[N+](=O)[O-]. The van der Waals surface area contributed by atoms with Crippen molar-refractivity contribution in [2.45, 2.75) is 6.92 Å². The summed E-state index contributed by atoms with van der Waals surface area (Å²) in [5.41, 5.74) is 2.38. The van der Waals surface area contributed by atoms with Gasteiger partial charge in [-0.3, -0.25) is 25.7 Å². The van der Waals surface area contributed by atoms with Crippen molar-refractivity contribution in [2.75, 3.05) is 12.0 Å². The molecule has 0 saturated carbocycles. The lowest BCUT2D eigenvalue weighted by molar-refractivity contribution is -0.393. The zero-order valence-corrected chi connectivity index (χ0v) is 16.5. The first-order valence-electron chi connectivity index (χ1n) is 7.17. The highest BCUT2D eigenvalue weighted by Crippen LogP contribution is 2.32. The van der Waals surface area contributed by atoms with Crippen molar-refractivity contribution >= 4 is 55.1 Å². The fraction of sp³-hybridized carbons (Fsp3) is 0.133. The summed E-state index contributed by atoms with van der Waals surface area (Å²) in [7, 11) is 0. The molecule has 26 heavy (non-hydrogen) atoms. The number of hydrogen-bond acceptors (Lipinski definition) is 7. The number of nitro groups is 2. The molecule has 11 heteroatoms. The van der Waals surface area contributed by atoms with Crippen LogP contribution in [-0.2, 0) is 0 Å². The number of rotatable bonds is 7. The van der Waals surface area contributed by atoms with Gasteiger partial charge in [-0.25, -0.2) is 0 Å². The Bertz CT molecular complexity index is 889. The Balaban J connectivity index is 2.31. The van der Waals surface area contributed by atoms with Gasteiger partial charge in [-0.2, -0.15) is 5.10 Å². The van der Waals surface area contributed by atoms with Crippen LogP contribution in [-0.4, -0.2) is 22.7 Å². The van der Waals surface area contributed by atoms with Crippen molar-refractivity contribution in [1.29, 1.82) is 0 Å². The fourth-order valence-electron chi connectivity index (χ4n) is 2.02. The Labute approximate surface area is 164 Å². The zero-order chi connectivity index (χ0) is 19.3. The van der Waals surface area contributed by atoms with Gasteiger partial charge in [-0.15, -0.1) is 0 Å². The molecule has 0 aliphatic heterocycles. The zero-order valence-electron chi connectivity index (χ0n) is 13.3. The Hall–Kier alpha value is -2.53. The highest BCUT2D eigenvalue weighted by molar-refractivity contribution is 9.11. The molecule has 2 aromatic carbocycles. The molecule has 2 rings (SSSR count). The minimum Gasteiger partial charge on any atom is -0.492 e. The number of hydrazone groups is 1. The summed E-state index contributed by atoms with van der Waals surface area (Å²) < 4.78 is 7.07. The van der Waals surface area contributed by atoms with E-state index in [-0.39, 0.29) is 11.4 Å². The Morgan fingerprint density at radius 2 is 1.92 bits per heavy atom. The normalized spacial score (nSPS) is 10.7. The molecular formula is C15H12Br2N4O5. The van der Waals surface area contributed by atoms with Crippen LogP contribution in [0, 0.1) is 20.2 Å². The molecule has 2 aromatic rings. The van der Waals surface area contributed by atoms with Gasteiger partial charge < -0.3 is 4.74 Å². The van der Waals surface area contributed by atoms with Crippen molar-refractivity contribution in [3.63, 3.8) is 0 Å². The van der Waals surface area contributed by atoms with Crippen LogP contribution >= 0.6 is 31.9 Å². The van der Waals surface area contributed by atoms with Crippen LogP contribution in [0.15, 0.2) is 44.4 Å². The number of nitrogens with one attached hydrogen (secondary N) is 1. The molecule has 0 bridgehead atoms. The first-order valence-corrected chi connectivity index (χ1v) is 8.75. The molecule has 9 nitrogen and oxygen atoms in total. The summed E-state index contributed by atoms with van der Waals surface area (Å²) in [6.45, 7) is 2.29. The number of non-ortho nitro benzene ring substituents is 1. The molecule has 0 saturated heterocycles. The van der Waals surface area contributed by atoms with E-state index in [2.05, 4.69) is 42.4 Å². The van der Waals surface area contributed by atoms with Crippen molar-refractivity contribution in [2.24, 2.45) is 5.10 Å². The molecule has 0 radical (unpaired) electrons. The summed E-state index contributed by atoms with van der Waals surface area (Å²) in [5, 5.41) is 25.9. The number of benzene rings is 2. The molecular weight excluding hydrogens is 476 g/mol. The molecule has 1 N–H and O–H groups in total. The highest BCUT2D eigenvalue weighted by atomic mass is 79.9. The van der Waals surface area contributed by atoms with Crippen molar-refractivity contribution in [3.8, 4) is 5.75 Å². The standard InChI is InChI=1S/C15H12Br2N4O5/c1-2-26-15-9(5-10(16)6-12(15)17)8-18-19-13-4-3-11(20(22)23)7-14(13)21(24)25/h3-8,19H,2H2,1H3/b18-8-. The Morgan fingerprint density at radius 3 is 2.54 bits per heavy atom. The quantitative estimate of drug-likeness (QED) is 0.337. The maximum Gasteiger partial charge on any atom is 0.301 e. The third-order valence-corrected chi connectivity index (χ3v) is 4.15. The van der Waals surface area contributed by atoms with Crippen LogP contribution in [0.5, 0.6) is 5.75 Å². The van der Waals surface area contributed by atoms with E-state index in [1.165, 1.54) is 12.3 Å². The van der Waals surface area contributed by atoms with E-state index in [4.69, 9.17) is 4.74 Å². The van der Waals surface area contributed by atoms with Crippen LogP contribution in [0.1, 0.15) is 12.5 Å².